The maximum atomic E-state index is 12.8. The average molecular weight is 427 g/mol. The van der Waals surface area contributed by atoms with Crippen molar-refractivity contribution in [2.24, 2.45) is 0 Å². The maximum absolute atomic E-state index is 12.8. The summed E-state index contributed by atoms with van der Waals surface area (Å²) >= 11 is 11.8. The molecular weight excluding hydrogens is 416 g/mol. The fraction of sp³-hybridized carbons (Fsp3) is 0.273. The summed E-state index contributed by atoms with van der Waals surface area (Å²) < 4.78 is 51.3. The second kappa shape index (κ2) is 8.12. The van der Waals surface area contributed by atoms with Crippen LogP contribution in [-0.4, -0.2) is 80.4 Å². The Balaban J connectivity index is 0.00000288. The van der Waals surface area contributed by atoms with Crippen LogP contribution in [0.5, 0.6) is 0 Å². The van der Waals surface area contributed by atoms with Gasteiger partial charge in [-0.15, -0.1) is 5.10 Å². The van der Waals surface area contributed by atoms with Crippen LogP contribution >= 0.6 is 23.2 Å². The van der Waals surface area contributed by atoms with Gasteiger partial charge in [-0.25, -0.2) is 17.8 Å². The molecule has 0 amide bonds. The molecule has 1 aromatic carbocycles. The van der Waals surface area contributed by atoms with E-state index in [4.69, 9.17) is 23.2 Å². The van der Waals surface area contributed by atoms with E-state index in [1.165, 1.54) is 13.0 Å². The van der Waals surface area contributed by atoms with Gasteiger partial charge in [0.15, 0.2) is 0 Å². The number of nitrogens with zero attached hydrogens (tertiary/aromatic N) is 3. The molecule has 0 atom stereocenters. The van der Waals surface area contributed by atoms with Gasteiger partial charge in [-0.3, -0.25) is 4.72 Å². The Bertz CT molecular complexity index is 930. The quantitative estimate of drug-likeness (QED) is 0.754. The first kappa shape index (κ1) is 22.0. The molecule has 1 aromatic heterocycles. The third-order valence-corrected chi connectivity index (χ3v) is 3.94. The molecule has 0 saturated heterocycles. The van der Waals surface area contributed by atoms with Crippen LogP contribution in [0.15, 0.2) is 16.9 Å². The van der Waals surface area contributed by atoms with Gasteiger partial charge < -0.3 is 0 Å². The van der Waals surface area contributed by atoms with E-state index in [0.717, 1.165) is 12.3 Å². The van der Waals surface area contributed by atoms with Gasteiger partial charge in [0.05, 0.1) is 27.7 Å². The Kier molecular flexibility index (Phi) is 7.46. The number of hydrogen-bond acceptors (Lipinski definition) is 4. The second-order valence-corrected chi connectivity index (χ2v) is 7.11. The molecule has 7 nitrogen and oxygen atoms in total. The summed E-state index contributed by atoms with van der Waals surface area (Å²) in [6.45, 7) is -1.85. The van der Waals surface area contributed by atoms with Crippen molar-refractivity contribution in [1.82, 2.24) is 14.3 Å². The van der Waals surface area contributed by atoms with E-state index in [-0.39, 0.29) is 83.2 Å². The van der Waals surface area contributed by atoms with Crippen LogP contribution in [0.4, 0.5) is 14.5 Å². The van der Waals surface area contributed by atoms with Gasteiger partial charge in [-0.2, -0.15) is 13.5 Å². The van der Waals surface area contributed by atoms with E-state index < -0.39 is 22.3 Å². The van der Waals surface area contributed by atoms with E-state index in [9.17, 15) is 22.0 Å². The van der Waals surface area contributed by atoms with Gasteiger partial charge in [-0.05, 0) is 19.1 Å². The normalized spacial score (nSPS) is 11.5. The van der Waals surface area contributed by atoms with Crippen LogP contribution in [0, 0.1) is 6.92 Å². The third kappa shape index (κ3) is 4.78. The van der Waals surface area contributed by atoms with Gasteiger partial charge >= 0.3 is 63.6 Å². The Labute approximate surface area is 188 Å². The van der Waals surface area contributed by atoms with Crippen LogP contribution < -0.4 is 10.4 Å². The van der Waals surface area contributed by atoms with Crippen LogP contribution in [-0.2, 0) is 10.0 Å². The summed E-state index contributed by atoms with van der Waals surface area (Å²) in [4.78, 5) is 12.0. The van der Waals surface area contributed by atoms with Crippen LogP contribution in [0.3, 0.4) is 0 Å². The number of benzene rings is 1. The van der Waals surface area contributed by atoms with Gasteiger partial charge in [0.25, 0.3) is 0 Å². The summed E-state index contributed by atoms with van der Waals surface area (Å²) in [5, 5.41) is 3.63. The zero-order chi connectivity index (χ0) is 17.5. The van der Waals surface area contributed by atoms with Crippen molar-refractivity contribution in [3.05, 3.63) is 38.5 Å². The van der Waals surface area contributed by atoms with Crippen molar-refractivity contribution in [3.8, 4) is 5.69 Å². The molecule has 0 bridgehead atoms. The number of anilines is 1. The van der Waals surface area contributed by atoms with E-state index in [1.807, 2.05) is 0 Å². The molecule has 0 radical (unpaired) electrons. The van der Waals surface area contributed by atoms with Crippen molar-refractivity contribution in [1.29, 1.82) is 0 Å². The third-order valence-electron chi connectivity index (χ3n) is 2.74. The minimum atomic E-state index is -3.65. The molecule has 0 fully saturated rings. The first-order valence-corrected chi connectivity index (χ1v) is 8.59. The summed E-state index contributed by atoms with van der Waals surface area (Å²) in [6.07, 6.45) is 0.902. The molecular formula is C11H11Cl2F2KN4O3S. The van der Waals surface area contributed by atoms with Crippen molar-refractivity contribution in [3.63, 3.8) is 0 Å². The Morgan fingerprint density at radius 2 is 1.83 bits per heavy atom. The van der Waals surface area contributed by atoms with Gasteiger partial charge in [0.1, 0.15) is 5.82 Å². The zero-order valence-corrected chi connectivity index (χ0v) is 14.0. The van der Waals surface area contributed by atoms with Crippen LogP contribution in [0.1, 0.15) is 12.4 Å². The molecule has 13 heteroatoms. The van der Waals surface area contributed by atoms with E-state index >= 15 is 0 Å². The Morgan fingerprint density at radius 3 is 2.29 bits per heavy atom. The zero-order valence-electron chi connectivity index (χ0n) is 11.7. The fourth-order valence-corrected chi connectivity index (χ4v) is 2.97. The Hall–Kier alpha value is -0.0136. The van der Waals surface area contributed by atoms with Crippen molar-refractivity contribution in [2.45, 2.75) is 13.5 Å². The molecule has 0 spiro atoms. The fourth-order valence-electron chi connectivity index (χ4n) is 1.84. The predicted octanol–water partition coefficient (Wildman–Crippen LogP) is 1.77. The Morgan fingerprint density at radius 1 is 1.25 bits per heavy atom. The SMILES string of the molecule is Cc1nn(-c2cc(NS(C)(=O)=O)c(Cl)cc2Cl)c(=O)n1C(F)F.[KH]. The summed E-state index contributed by atoms with van der Waals surface area (Å²) in [6, 6.07) is 2.31. The number of hydrogen-bond donors (Lipinski definition) is 1. The summed E-state index contributed by atoms with van der Waals surface area (Å²) in [7, 11) is -3.65. The van der Waals surface area contributed by atoms with Crippen molar-refractivity contribution >= 4 is 90.3 Å². The van der Waals surface area contributed by atoms with E-state index in [2.05, 4.69) is 9.82 Å². The summed E-state index contributed by atoms with van der Waals surface area (Å²) in [5.74, 6) is -0.228. The standard InChI is InChI=1S/C11H10Cl2F2N4O3S.K.H/c1-5-16-19(11(20)18(5)10(14)15)9-4-8(17-23(2,21)22)6(12)3-7(9)13;;/h3-4,10,17H,1-2H3;;. The molecule has 0 aliphatic heterocycles. The molecule has 2 aromatic rings. The van der Waals surface area contributed by atoms with Gasteiger partial charge in [0.2, 0.25) is 10.0 Å². The van der Waals surface area contributed by atoms with Crippen molar-refractivity contribution < 1.29 is 17.2 Å². The first-order chi connectivity index (χ1) is 10.5. The van der Waals surface area contributed by atoms with Crippen LogP contribution in [0.25, 0.3) is 5.69 Å². The number of aromatic nitrogens is 3. The molecule has 0 unspecified atom stereocenters. The van der Waals surface area contributed by atoms with Crippen molar-refractivity contribution in [2.75, 3.05) is 11.0 Å². The molecule has 0 saturated carbocycles. The number of nitrogens with one attached hydrogen (secondary N) is 1. The predicted molar refractivity (Wildman–Crippen MR) is 89.4 cm³/mol. The van der Waals surface area contributed by atoms with Gasteiger partial charge in [0, 0.05) is 0 Å². The number of alkyl halides is 2. The number of rotatable bonds is 4. The topological polar surface area (TPSA) is 86.0 Å². The van der Waals surface area contributed by atoms with Gasteiger partial charge in [-0.1, -0.05) is 23.2 Å². The van der Waals surface area contributed by atoms with E-state index in [1.54, 1.807) is 0 Å². The molecule has 2 rings (SSSR count). The molecule has 1 heterocycles. The monoisotopic (exact) mass is 426 g/mol. The molecule has 128 valence electrons. The minimum absolute atomic E-state index is 0. The molecule has 24 heavy (non-hydrogen) atoms. The second-order valence-electron chi connectivity index (χ2n) is 4.55. The molecule has 0 aliphatic carbocycles. The molecule has 0 aliphatic rings. The number of aryl methyl sites for hydroxylation is 1. The molecule has 1 N–H and O–H groups in total. The summed E-state index contributed by atoms with van der Waals surface area (Å²) in [5.41, 5.74) is -1.27. The number of halogens is 4. The first-order valence-electron chi connectivity index (χ1n) is 5.95. The van der Waals surface area contributed by atoms with E-state index in [0.29, 0.717) is 4.68 Å². The van der Waals surface area contributed by atoms with Crippen LogP contribution in [0.2, 0.25) is 10.0 Å². The average Bonchev–Trinajstić information content (AvgIpc) is 2.66. The number of sulfonamides is 1.